The first-order valence-electron chi connectivity index (χ1n) is 6.52. The second-order valence-corrected chi connectivity index (χ2v) is 7.17. The molecule has 114 valence electrons. The number of esters is 1. The molecule has 0 aliphatic rings. The van der Waals surface area contributed by atoms with Gasteiger partial charge in [0.2, 0.25) is 10.0 Å². The van der Waals surface area contributed by atoms with Crippen molar-refractivity contribution < 1.29 is 17.9 Å². The monoisotopic (exact) mass is 313 g/mol. The van der Waals surface area contributed by atoms with Crippen LogP contribution in [-0.2, 0) is 19.6 Å². The number of ether oxygens (including phenoxy) is 1. The molecule has 0 aromatic carbocycles. The minimum Gasteiger partial charge on any atom is -0.465 e. The Balaban J connectivity index is 4.67. The first kappa shape index (κ1) is 18.7. The van der Waals surface area contributed by atoms with E-state index in [-0.39, 0.29) is 24.8 Å². The molecule has 0 bridgehead atoms. The zero-order valence-electron chi connectivity index (χ0n) is 11.9. The molecule has 5 nitrogen and oxygen atoms in total. The largest absolute Gasteiger partial charge is 0.465 e. The molecule has 0 heterocycles. The summed E-state index contributed by atoms with van der Waals surface area (Å²) in [5, 5.41) is 0. The van der Waals surface area contributed by atoms with Crippen LogP contribution in [0.25, 0.3) is 0 Å². The summed E-state index contributed by atoms with van der Waals surface area (Å²) in [6.07, 6.45) is 1.15. The molecule has 19 heavy (non-hydrogen) atoms. The van der Waals surface area contributed by atoms with Crippen molar-refractivity contribution in [3.05, 3.63) is 0 Å². The summed E-state index contributed by atoms with van der Waals surface area (Å²) in [6, 6.07) is 0. The van der Waals surface area contributed by atoms with Gasteiger partial charge in [0.15, 0.2) is 0 Å². The van der Waals surface area contributed by atoms with E-state index in [9.17, 15) is 13.2 Å². The Kier molecular flexibility index (Phi) is 9.39. The fourth-order valence-electron chi connectivity index (χ4n) is 1.54. The van der Waals surface area contributed by atoms with Crippen molar-refractivity contribution in [2.75, 3.05) is 31.3 Å². The molecule has 0 aliphatic heterocycles. The van der Waals surface area contributed by atoms with Gasteiger partial charge < -0.3 is 4.74 Å². The lowest BCUT2D eigenvalue weighted by atomic mass is 10.2. The van der Waals surface area contributed by atoms with E-state index < -0.39 is 16.0 Å². The average molecular weight is 314 g/mol. The number of hydrogen-bond acceptors (Lipinski definition) is 4. The number of nitrogens with zero attached hydrogens (tertiary/aromatic N) is 1. The van der Waals surface area contributed by atoms with Crippen molar-refractivity contribution in [1.29, 1.82) is 0 Å². The van der Waals surface area contributed by atoms with Crippen molar-refractivity contribution >= 4 is 27.6 Å². The van der Waals surface area contributed by atoms with Gasteiger partial charge in [-0.3, -0.25) is 4.79 Å². The Hall–Kier alpha value is -0.330. The van der Waals surface area contributed by atoms with Gasteiger partial charge in [0, 0.05) is 12.4 Å². The molecule has 0 saturated heterocycles. The lowest BCUT2D eigenvalue weighted by Crippen LogP contribution is -2.40. The molecule has 0 radical (unpaired) electrons. The maximum absolute atomic E-state index is 12.2. The van der Waals surface area contributed by atoms with Crippen LogP contribution in [0.15, 0.2) is 0 Å². The maximum atomic E-state index is 12.2. The Morgan fingerprint density at radius 2 is 1.95 bits per heavy atom. The first-order chi connectivity index (χ1) is 8.83. The molecule has 7 heteroatoms. The number of unbranched alkanes of at least 4 members (excludes halogenated alkanes) is 1. The van der Waals surface area contributed by atoms with Gasteiger partial charge in [0.1, 0.15) is 6.54 Å². The maximum Gasteiger partial charge on any atom is 0.321 e. The van der Waals surface area contributed by atoms with Crippen LogP contribution in [0, 0.1) is 5.92 Å². The Morgan fingerprint density at radius 3 is 2.42 bits per heavy atom. The summed E-state index contributed by atoms with van der Waals surface area (Å²) in [6.45, 7) is 5.87. The number of sulfonamides is 1. The predicted molar refractivity (Wildman–Crippen MR) is 76.8 cm³/mol. The van der Waals surface area contributed by atoms with E-state index >= 15 is 0 Å². The fraction of sp³-hybridized carbons (Fsp3) is 0.917. The molecule has 0 aromatic rings. The minimum absolute atomic E-state index is 0.0197. The van der Waals surface area contributed by atoms with Crippen LogP contribution in [0.2, 0.25) is 0 Å². The lowest BCUT2D eigenvalue weighted by Gasteiger charge is -2.23. The van der Waals surface area contributed by atoms with E-state index in [1.165, 1.54) is 4.31 Å². The highest BCUT2D eigenvalue weighted by molar-refractivity contribution is 7.89. The second-order valence-electron chi connectivity index (χ2n) is 4.70. The standard InChI is InChI=1S/C12H24ClNO4S/c1-4-18-12(15)10-14(9-11(2)3)19(16,17)8-6-5-7-13/h11H,4-10H2,1-3H3. The molecule has 0 spiro atoms. The molecular formula is C12H24ClNO4S. The number of halogens is 1. The molecule has 0 atom stereocenters. The SMILES string of the molecule is CCOC(=O)CN(CC(C)C)S(=O)(=O)CCCCCl. The molecule has 0 aromatic heterocycles. The molecule has 0 aliphatic carbocycles. The third-order valence-electron chi connectivity index (χ3n) is 2.36. The van der Waals surface area contributed by atoms with Crippen molar-refractivity contribution in [3.63, 3.8) is 0 Å². The third kappa shape index (κ3) is 8.44. The molecule has 0 amide bonds. The van der Waals surface area contributed by atoms with Gasteiger partial charge in [-0.25, -0.2) is 8.42 Å². The van der Waals surface area contributed by atoms with E-state index in [2.05, 4.69) is 0 Å². The number of carbonyl (C=O) groups is 1. The van der Waals surface area contributed by atoms with Crippen LogP contribution in [-0.4, -0.2) is 50.0 Å². The zero-order valence-corrected chi connectivity index (χ0v) is 13.5. The van der Waals surface area contributed by atoms with Gasteiger partial charge in [-0.05, 0) is 25.7 Å². The normalized spacial score (nSPS) is 12.1. The van der Waals surface area contributed by atoms with Crippen LogP contribution < -0.4 is 0 Å². The summed E-state index contributed by atoms with van der Waals surface area (Å²) in [4.78, 5) is 11.5. The van der Waals surface area contributed by atoms with Crippen LogP contribution >= 0.6 is 11.6 Å². The van der Waals surface area contributed by atoms with Gasteiger partial charge in [0.05, 0.1) is 12.4 Å². The first-order valence-corrected chi connectivity index (χ1v) is 8.67. The molecular weight excluding hydrogens is 290 g/mol. The smallest absolute Gasteiger partial charge is 0.321 e. The highest BCUT2D eigenvalue weighted by Crippen LogP contribution is 2.09. The van der Waals surface area contributed by atoms with Crippen molar-refractivity contribution in [1.82, 2.24) is 4.31 Å². The lowest BCUT2D eigenvalue weighted by molar-refractivity contribution is -0.143. The number of rotatable bonds is 10. The van der Waals surface area contributed by atoms with Gasteiger partial charge in [-0.2, -0.15) is 4.31 Å². The Morgan fingerprint density at radius 1 is 1.32 bits per heavy atom. The zero-order chi connectivity index (χ0) is 14.9. The molecule has 0 unspecified atom stereocenters. The van der Waals surface area contributed by atoms with Crippen LogP contribution in [0.4, 0.5) is 0 Å². The molecule has 0 saturated carbocycles. The second kappa shape index (κ2) is 9.55. The van der Waals surface area contributed by atoms with Gasteiger partial charge >= 0.3 is 5.97 Å². The molecule has 0 fully saturated rings. The van der Waals surface area contributed by atoms with Crippen molar-refractivity contribution in [2.45, 2.75) is 33.6 Å². The highest BCUT2D eigenvalue weighted by Gasteiger charge is 2.25. The van der Waals surface area contributed by atoms with Gasteiger partial charge in [0.25, 0.3) is 0 Å². The highest BCUT2D eigenvalue weighted by atomic mass is 35.5. The summed E-state index contributed by atoms with van der Waals surface area (Å²) in [5.74, 6) is 0.102. The summed E-state index contributed by atoms with van der Waals surface area (Å²) in [7, 11) is -3.43. The van der Waals surface area contributed by atoms with E-state index in [4.69, 9.17) is 16.3 Å². The van der Waals surface area contributed by atoms with Gasteiger partial charge in [-0.1, -0.05) is 13.8 Å². The average Bonchev–Trinajstić information content (AvgIpc) is 2.28. The molecule has 0 rings (SSSR count). The van der Waals surface area contributed by atoms with Crippen LogP contribution in [0.1, 0.15) is 33.6 Å². The van der Waals surface area contributed by atoms with Crippen molar-refractivity contribution in [2.24, 2.45) is 5.92 Å². The number of carbonyl (C=O) groups excluding carboxylic acids is 1. The number of alkyl halides is 1. The van der Waals surface area contributed by atoms with Crippen LogP contribution in [0.5, 0.6) is 0 Å². The molecule has 0 N–H and O–H groups in total. The summed E-state index contributed by atoms with van der Waals surface area (Å²) in [5.41, 5.74) is 0. The Bertz CT molecular complexity index is 357. The van der Waals surface area contributed by atoms with E-state index in [1.807, 2.05) is 13.8 Å². The van der Waals surface area contributed by atoms with E-state index in [0.29, 0.717) is 25.3 Å². The Labute approximate surface area is 121 Å². The number of hydrogen-bond donors (Lipinski definition) is 0. The van der Waals surface area contributed by atoms with Crippen molar-refractivity contribution in [3.8, 4) is 0 Å². The quantitative estimate of drug-likeness (QED) is 0.351. The van der Waals surface area contributed by atoms with Crippen LogP contribution in [0.3, 0.4) is 0 Å². The van der Waals surface area contributed by atoms with E-state index in [0.717, 1.165) is 0 Å². The van der Waals surface area contributed by atoms with E-state index in [1.54, 1.807) is 6.92 Å². The summed E-state index contributed by atoms with van der Waals surface area (Å²) < 4.78 is 30.3. The predicted octanol–water partition coefficient (Wildman–Crippen LogP) is 1.86. The van der Waals surface area contributed by atoms with Gasteiger partial charge in [-0.15, -0.1) is 11.6 Å². The topological polar surface area (TPSA) is 63.7 Å². The third-order valence-corrected chi connectivity index (χ3v) is 4.50. The fourth-order valence-corrected chi connectivity index (χ4v) is 3.39. The summed E-state index contributed by atoms with van der Waals surface area (Å²) >= 11 is 5.54. The minimum atomic E-state index is -3.43.